The lowest BCUT2D eigenvalue weighted by Gasteiger charge is -2.25. The van der Waals surface area contributed by atoms with Crippen LogP contribution in [0.15, 0.2) is 48.8 Å². The number of rotatable bonds is 5. The number of aromatic nitrogens is 2. The Morgan fingerprint density at radius 1 is 1.07 bits per heavy atom. The van der Waals surface area contributed by atoms with Gasteiger partial charge in [-0.05, 0) is 30.3 Å². The van der Waals surface area contributed by atoms with Gasteiger partial charge in [-0.25, -0.2) is 4.98 Å². The van der Waals surface area contributed by atoms with E-state index in [1.54, 1.807) is 53.2 Å². The highest BCUT2D eigenvalue weighted by Gasteiger charge is 2.15. The molecule has 0 unspecified atom stereocenters. The number of halogens is 1. The lowest BCUT2D eigenvalue weighted by molar-refractivity contribution is -0.118. The van der Waals surface area contributed by atoms with Crippen LogP contribution in [0.1, 0.15) is 10.5 Å². The molecule has 1 saturated heterocycles. The molecule has 1 aliphatic rings. The summed E-state index contributed by atoms with van der Waals surface area (Å²) in [7, 11) is 0. The predicted molar refractivity (Wildman–Crippen MR) is 110 cm³/mol. The van der Waals surface area contributed by atoms with Gasteiger partial charge >= 0.3 is 0 Å². The number of nitrogens with one attached hydrogen (secondary N) is 2. The number of amides is 2. The largest absolute Gasteiger partial charge is 0.379 e. The van der Waals surface area contributed by atoms with Gasteiger partial charge in [-0.1, -0.05) is 17.7 Å². The normalized spacial score (nSPS) is 14.7. The number of hydrogen-bond acceptors (Lipinski definition) is 5. The van der Waals surface area contributed by atoms with Crippen LogP contribution in [-0.2, 0) is 9.53 Å². The number of imidazole rings is 1. The first-order valence-electron chi connectivity index (χ1n) is 9.22. The number of ether oxygens (including phenoxy) is 1. The molecule has 0 bridgehead atoms. The van der Waals surface area contributed by atoms with E-state index in [4.69, 9.17) is 16.3 Å². The Labute approximate surface area is 172 Å². The van der Waals surface area contributed by atoms with E-state index < -0.39 is 0 Å². The van der Waals surface area contributed by atoms with Crippen molar-refractivity contribution in [2.45, 2.75) is 0 Å². The van der Waals surface area contributed by atoms with Gasteiger partial charge in [0.15, 0.2) is 0 Å². The van der Waals surface area contributed by atoms with Crippen molar-refractivity contribution in [2.75, 3.05) is 43.5 Å². The Hall–Kier alpha value is -2.94. The van der Waals surface area contributed by atoms with E-state index in [0.717, 1.165) is 13.1 Å². The van der Waals surface area contributed by atoms with Crippen molar-refractivity contribution in [3.63, 3.8) is 0 Å². The van der Waals surface area contributed by atoms with Crippen molar-refractivity contribution in [3.8, 4) is 0 Å². The number of carbonyl (C=O) groups excluding carboxylic acids is 2. The SMILES string of the molecule is O=C(CN1CCOCC1)Nc1cccc(NC(=O)c2cn3cc(Cl)ccc3n2)c1. The number of nitrogens with zero attached hydrogens (tertiary/aromatic N) is 3. The van der Waals surface area contributed by atoms with E-state index >= 15 is 0 Å². The van der Waals surface area contributed by atoms with Gasteiger partial charge in [0.1, 0.15) is 11.3 Å². The molecule has 3 aromatic rings. The predicted octanol–water partition coefficient (Wildman–Crippen LogP) is 2.51. The molecule has 2 amide bonds. The molecule has 0 aliphatic carbocycles. The fourth-order valence-corrected chi connectivity index (χ4v) is 3.27. The number of hydrogen-bond donors (Lipinski definition) is 2. The van der Waals surface area contributed by atoms with E-state index in [1.165, 1.54) is 0 Å². The van der Waals surface area contributed by atoms with Crippen molar-refractivity contribution < 1.29 is 14.3 Å². The number of benzene rings is 1. The van der Waals surface area contributed by atoms with Crippen LogP contribution in [0.2, 0.25) is 5.02 Å². The Morgan fingerprint density at radius 2 is 1.83 bits per heavy atom. The maximum absolute atomic E-state index is 12.5. The summed E-state index contributed by atoms with van der Waals surface area (Å²) < 4.78 is 6.98. The fourth-order valence-electron chi connectivity index (χ4n) is 3.11. The van der Waals surface area contributed by atoms with Gasteiger partial charge in [0.05, 0.1) is 24.8 Å². The van der Waals surface area contributed by atoms with Gasteiger partial charge in [-0.3, -0.25) is 14.5 Å². The molecule has 1 fully saturated rings. The molecule has 0 radical (unpaired) electrons. The van der Waals surface area contributed by atoms with Crippen molar-refractivity contribution in [3.05, 3.63) is 59.5 Å². The number of pyridine rings is 1. The zero-order valence-corrected chi connectivity index (χ0v) is 16.4. The molecule has 0 spiro atoms. The summed E-state index contributed by atoms with van der Waals surface area (Å²) in [5.74, 6) is -0.450. The summed E-state index contributed by atoms with van der Waals surface area (Å²) in [4.78, 5) is 31.1. The Balaban J connectivity index is 1.39. The molecule has 9 heteroatoms. The molecule has 0 saturated carbocycles. The zero-order chi connectivity index (χ0) is 20.2. The highest BCUT2D eigenvalue weighted by atomic mass is 35.5. The topological polar surface area (TPSA) is 88.0 Å². The summed E-state index contributed by atoms with van der Waals surface area (Å²) in [6, 6.07) is 10.5. The van der Waals surface area contributed by atoms with Crippen LogP contribution in [0, 0.1) is 0 Å². The van der Waals surface area contributed by atoms with Crippen molar-refractivity contribution in [1.29, 1.82) is 0 Å². The summed E-state index contributed by atoms with van der Waals surface area (Å²) in [6.45, 7) is 3.08. The molecule has 2 aromatic heterocycles. The summed E-state index contributed by atoms with van der Waals surface area (Å²) in [5, 5.41) is 6.22. The quantitative estimate of drug-likeness (QED) is 0.671. The van der Waals surface area contributed by atoms with Crippen LogP contribution in [0.25, 0.3) is 5.65 Å². The Kier molecular flexibility index (Phi) is 5.75. The van der Waals surface area contributed by atoms with E-state index in [-0.39, 0.29) is 17.5 Å². The minimum Gasteiger partial charge on any atom is -0.379 e. The number of fused-ring (bicyclic) bond motifs is 1. The summed E-state index contributed by atoms with van der Waals surface area (Å²) in [5.41, 5.74) is 2.08. The first-order valence-corrected chi connectivity index (χ1v) is 9.60. The average molecular weight is 414 g/mol. The molecule has 4 rings (SSSR count). The summed E-state index contributed by atoms with van der Waals surface area (Å²) in [6.07, 6.45) is 3.30. The van der Waals surface area contributed by atoms with Crippen LogP contribution >= 0.6 is 11.6 Å². The lowest BCUT2D eigenvalue weighted by atomic mass is 10.2. The van der Waals surface area contributed by atoms with Crippen molar-refractivity contribution in [1.82, 2.24) is 14.3 Å². The number of morpholine rings is 1. The van der Waals surface area contributed by atoms with Crippen LogP contribution in [0.5, 0.6) is 0 Å². The highest BCUT2D eigenvalue weighted by molar-refractivity contribution is 6.30. The Bertz CT molecular complexity index is 1050. The van der Waals surface area contributed by atoms with Crippen LogP contribution in [0.4, 0.5) is 11.4 Å². The molecule has 2 N–H and O–H groups in total. The second kappa shape index (κ2) is 8.60. The third-order valence-corrected chi connectivity index (χ3v) is 4.75. The van der Waals surface area contributed by atoms with Crippen LogP contribution in [-0.4, -0.2) is 58.9 Å². The van der Waals surface area contributed by atoms with E-state index in [0.29, 0.717) is 41.8 Å². The number of carbonyl (C=O) groups is 2. The van der Waals surface area contributed by atoms with Gasteiger partial charge in [0.25, 0.3) is 5.91 Å². The first kappa shape index (κ1) is 19.4. The first-order chi connectivity index (χ1) is 14.1. The van der Waals surface area contributed by atoms with E-state index in [1.807, 2.05) is 4.90 Å². The third-order valence-electron chi connectivity index (χ3n) is 4.52. The minimum atomic E-state index is -0.346. The van der Waals surface area contributed by atoms with Gasteiger partial charge in [0.2, 0.25) is 5.91 Å². The molecule has 0 atom stereocenters. The molecule has 29 heavy (non-hydrogen) atoms. The minimum absolute atomic E-state index is 0.104. The van der Waals surface area contributed by atoms with Gasteiger partial charge in [-0.15, -0.1) is 0 Å². The number of anilines is 2. The Morgan fingerprint density at radius 3 is 2.62 bits per heavy atom. The van der Waals surface area contributed by atoms with Crippen molar-refractivity contribution >= 4 is 40.4 Å². The third kappa shape index (κ3) is 4.92. The summed E-state index contributed by atoms with van der Waals surface area (Å²) >= 11 is 5.96. The zero-order valence-electron chi connectivity index (χ0n) is 15.6. The molecule has 1 aliphatic heterocycles. The van der Waals surface area contributed by atoms with Crippen molar-refractivity contribution in [2.24, 2.45) is 0 Å². The maximum Gasteiger partial charge on any atom is 0.275 e. The van der Waals surface area contributed by atoms with Gasteiger partial charge in [-0.2, -0.15) is 0 Å². The van der Waals surface area contributed by atoms with Crippen LogP contribution < -0.4 is 10.6 Å². The molecular weight excluding hydrogens is 394 g/mol. The lowest BCUT2D eigenvalue weighted by Crippen LogP contribution is -2.41. The highest BCUT2D eigenvalue weighted by Crippen LogP contribution is 2.17. The second-order valence-corrected chi connectivity index (χ2v) is 7.15. The molecular formula is C20H20ClN5O3. The molecule has 3 heterocycles. The average Bonchev–Trinajstić information content (AvgIpc) is 3.12. The monoisotopic (exact) mass is 413 g/mol. The second-order valence-electron chi connectivity index (χ2n) is 6.71. The standard InChI is InChI=1S/C20H20ClN5O3/c21-14-4-5-18-24-17(12-26(18)11-14)20(28)23-16-3-1-2-15(10-16)22-19(27)13-25-6-8-29-9-7-25/h1-5,10-12H,6-9,13H2,(H,22,27)(H,23,28). The molecule has 150 valence electrons. The smallest absolute Gasteiger partial charge is 0.275 e. The molecule has 1 aromatic carbocycles. The fraction of sp³-hybridized carbons (Fsp3) is 0.250. The van der Waals surface area contributed by atoms with E-state index in [2.05, 4.69) is 15.6 Å². The molecule has 8 nitrogen and oxygen atoms in total. The maximum atomic E-state index is 12.5. The van der Waals surface area contributed by atoms with Gasteiger partial charge in [0, 0.05) is 36.9 Å². The van der Waals surface area contributed by atoms with Crippen LogP contribution in [0.3, 0.4) is 0 Å². The van der Waals surface area contributed by atoms with Gasteiger partial charge < -0.3 is 19.8 Å². The van der Waals surface area contributed by atoms with E-state index in [9.17, 15) is 9.59 Å².